The van der Waals surface area contributed by atoms with Crippen LogP contribution >= 0.6 is 0 Å². The van der Waals surface area contributed by atoms with E-state index in [9.17, 15) is 22.8 Å². The van der Waals surface area contributed by atoms with Gasteiger partial charge in [-0.1, -0.05) is 18.2 Å². The molecule has 0 saturated carbocycles. The minimum absolute atomic E-state index is 0.0252. The quantitative estimate of drug-likeness (QED) is 0.421. The van der Waals surface area contributed by atoms with Crippen molar-refractivity contribution in [2.45, 2.75) is 19.4 Å². The number of nitrogens with zero attached hydrogens (tertiary/aromatic N) is 6. The zero-order valence-electron chi connectivity index (χ0n) is 20.8. The molecule has 1 aromatic carbocycles. The largest absolute Gasteiger partial charge is 0.363 e. The molecule has 4 heterocycles. The molecular weight excluding hydrogens is 499 g/mol. The van der Waals surface area contributed by atoms with Crippen molar-refractivity contribution in [1.82, 2.24) is 19.5 Å². The average molecular weight is 524 g/mol. The number of rotatable bonds is 5. The summed E-state index contributed by atoms with van der Waals surface area (Å²) >= 11 is 0. The number of aromatic nitrogens is 4. The number of carbonyl (C=O) groups is 1. The fraction of sp³-hybridized carbons (Fsp3) is 0.269. The maximum absolute atomic E-state index is 14.8. The average Bonchev–Trinajstić information content (AvgIpc) is 2.91. The third kappa shape index (κ3) is 4.21. The van der Waals surface area contributed by atoms with Crippen molar-refractivity contribution in [3.63, 3.8) is 0 Å². The number of nitrogens with one attached hydrogen (secondary N) is 1. The lowest BCUT2D eigenvalue weighted by molar-refractivity contribution is 0.0985. The van der Waals surface area contributed by atoms with Crippen LogP contribution in [0.4, 0.5) is 30.5 Å². The van der Waals surface area contributed by atoms with Crippen LogP contribution < -0.4 is 20.7 Å². The molecule has 1 N–H and O–H groups in total. The Balaban J connectivity index is 1.57. The molecule has 3 aromatic heterocycles. The highest BCUT2D eigenvalue weighted by Gasteiger charge is 2.29. The Labute approximate surface area is 215 Å². The van der Waals surface area contributed by atoms with Crippen molar-refractivity contribution in [2.24, 2.45) is 7.05 Å². The highest BCUT2D eigenvalue weighted by Crippen LogP contribution is 2.32. The Morgan fingerprint density at radius 2 is 1.82 bits per heavy atom. The van der Waals surface area contributed by atoms with Gasteiger partial charge in [-0.2, -0.15) is 0 Å². The predicted molar refractivity (Wildman–Crippen MR) is 137 cm³/mol. The molecule has 38 heavy (non-hydrogen) atoms. The summed E-state index contributed by atoms with van der Waals surface area (Å²) in [5.74, 6) is -0.674. The van der Waals surface area contributed by atoms with E-state index in [4.69, 9.17) is 0 Å². The van der Waals surface area contributed by atoms with Crippen LogP contribution in [0.5, 0.6) is 0 Å². The van der Waals surface area contributed by atoms with Crippen LogP contribution in [0, 0.1) is 5.82 Å². The standard InChI is InChI=1S/C26H24F3N7O2/c1-14(15-6-4-7-16(20(15)27)21(28)29)33-22-17-12-18(25(37)35(3)23(17)32-13-31-22)26(38)36-11-10-34(2)24-19(36)8-5-9-30-24/h4-9,12-14,21H,10-11H2,1-3H3,(H,31,32,33)/t14-/m1/s1. The van der Waals surface area contributed by atoms with Crippen LogP contribution in [0.25, 0.3) is 11.0 Å². The van der Waals surface area contributed by atoms with Crippen molar-refractivity contribution >= 4 is 34.3 Å². The summed E-state index contributed by atoms with van der Waals surface area (Å²) in [7, 11) is 3.37. The summed E-state index contributed by atoms with van der Waals surface area (Å²) in [6.45, 7) is 2.48. The fourth-order valence-electron chi connectivity index (χ4n) is 4.62. The van der Waals surface area contributed by atoms with Crippen LogP contribution in [0.1, 0.15) is 40.9 Å². The van der Waals surface area contributed by atoms with E-state index in [1.165, 1.54) is 41.0 Å². The van der Waals surface area contributed by atoms with Crippen LogP contribution in [0.2, 0.25) is 0 Å². The Morgan fingerprint density at radius 3 is 2.58 bits per heavy atom. The summed E-state index contributed by atoms with van der Waals surface area (Å²) in [4.78, 5) is 43.1. The fourth-order valence-corrected chi connectivity index (χ4v) is 4.62. The Morgan fingerprint density at radius 1 is 1.05 bits per heavy atom. The van der Waals surface area contributed by atoms with Gasteiger partial charge in [0, 0.05) is 38.9 Å². The van der Waals surface area contributed by atoms with Gasteiger partial charge in [0.05, 0.1) is 22.7 Å². The van der Waals surface area contributed by atoms with E-state index in [1.54, 1.807) is 25.3 Å². The first kappa shape index (κ1) is 25.2. The molecule has 0 radical (unpaired) electrons. The zero-order valence-corrected chi connectivity index (χ0v) is 20.8. The van der Waals surface area contributed by atoms with Crippen molar-refractivity contribution < 1.29 is 18.0 Å². The van der Waals surface area contributed by atoms with Gasteiger partial charge >= 0.3 is 0 Å². The lowest BCUT2D eigenvalue weighted by atomic mass is 10.0. The van der Waals surface area contributed by atoms with E-state index in [0.29, 0.717) is 30.0 Å². The van der Waals surface area contributed by atoms with E-state index < -0.39 is 35.3 Å². The molecule has 1 aliphatic rings. The Kier molecular flexibility index (Phi) is 6.47. The number of amides is 1. The summed E-state index contributed by atoms with van der Waals surface area (Å²) < 4.78 is 42.5. The third-order valence-corrected chi connectivity index (χ3v) is 6.67. The first-order valence-corrected chi connectivity index (χ1v) is 11.8. The normalized spacial score (nSPS) is 14.1. The van der Waals surface area contributed by atoms with Crippen LogP contribution in [0.15, 0.2) is 53.7 Å². The number of pyridine rings is 2. The summed E-state index contributed by atoms with van der Waals surface area (Å²) in [5, 5.41) is 3.37. The van der Waals surface area contributed by atoms with Gasteiger partial charge in [0.2, 0.25) is 0 Å². The minimum Gasteiger partial charge on any atom is -0.363 e. The van der Waals surface area contributed by atoms with Crippen molar-refractivity contribution in [3.8, 4) is 0 Å². The molecular formula is C26H24F3N7O2. The third-order valence-electron chi connectivity index (χ3n) is 6.67. The van der Waals surface area contributed by atoms with Crippen LogP contribution in [-0.4, -0.2) is 45.6 Å². The molecule has 5 rings (SSSR count). The molecule has 0 aliphatic carbocycles. The van der Waals surface area contributed by atoms with Gasteiger partial charge in [0.25, 0.3) is 17.9 Å². The number of aryl methyl sites for hydroxylation is 1. The van der Waals surface area contributed by atoms with Gasteiger partial charge < -0.3 is 15.1 Å². The van der Waals surface area contributed by atoms with E-state index in [-0.39, 0.29) is 22.6 Å². The topological polar surface area (TPSA) is 96.2 Å². The van der Waals surface area contributed by atoms with E-state index in [1.807, 2.05) is 11.9 Å². The molecule has 9 nitrogen and oxygen atoms in total. The van der Waals surface area contributed by atoms with Gasteiger partial charge in [-0.3, -0.25) is 14.2 Å². The molecule has 196 valence electrons. The molecule has 0 saturated heterocycles. The number of anilines is 3. The smallest absolute Gasteiger partial charge is 0.266 e. The summed E-state index contributed by atoms with van der Waals surface area (Å²) in [5.41, 5.74) is -0.480. The van der Waals surface area contributed by atoms with Gasteiger partial charge in [-0.05, 0) is 25.1 Å². The molecule has 4 aromatic rings. The monoisotopic (exact) mass is 523 g/mol. The second-order valence-electron chi connectivity index (χ2n) is 9.02. The van der Waals surface area contributed by atoms with Gasteiger partial charge in [-0.25, -0.2) is 28.1 Å². The molecule has 0 fully saturated rings. The van der Waals surface area contributed by atoms with Crippen molar-refractivity contribution in [3.05, 3.63) is 81.8 Å². The first-order valence-electron chi connectivity index (χ1n) is 11.8. The van der Waals surface area contributed by atoms with Crippen LogP contribution in [0.3, 0.4) is 0 Å². The predicted octanol–water partition coefficient (Wildman–Crippen LogP) is 4.07. The lowest BCUT2D eigenvalue weighted by Gasteiger charge is -2.34. The Bertz CT molecular complexity index is 1610. The number of halogens is 3. The lowest BCUT2D eigenvalue weighted by Crippen LogP contribution is -2.45. The van der Waals surface area contributed by atoms with Gasteiger partial charge in [-0.15, -0.1) is 0 Å². The van der Waals surface area contributed by atoms with Crippen LogP contribution in [-0.2, 0) is 7.05 Å². The molecule has 0 spiro atoms. The van der Waals surface area contributed by atoms with Gasteiger partial charge in [0.15, 0.2) is 5.82 Å². The summed E-state index contributed by atoms with van der Waals surface area (Å²) in [6.07, 6.45) is -0.0959. The van der Waals surface area contributed by atoms with E-state index in [2.05, 4.69) is 20.3 Å². The highest BCUT2D eigenvalue weighted by molar-refractivity contribution is 6.09. The molecule has 0 unspecified atom stereocenters. The minimum atomic E-state index is -2.96. The zero-order chi connectivity index (χ0) is 27.1. The number of carbonyl (C=O) groups excluding carboxylic acids is 1. The number of benzene rings is 1. The van der Waals surface area contributed by atoms with E-state index in [0.717, 1.165) is 6.07 Å². The molecule has 0 bridgehead atoms. The van der Waals surface area contributed by atoms with Crippen molar-refractivity contribution in [1.29, 1.82) is 0 Å². The molecule has 1 aliphatic heterocycles. The maximum atomic E-state index is 14.8. The highest BCUT2D eigenvalue weighted by atomic mass is 19.3. The van der Waals surface area contributed by atoms with Gasteiger partial charge in [0.1, 0.15) is 29.2 Å². The molecule has 1 atom stereocenters. The second-order valence-corrected chi connectivity index (χ2v) is 9.02. The van der Waals surface area contributed by atoms with E-state index >= 15 is 0 Å². The second kappa shape index (κ2) is 9.77. The molecule has 12 heteroatoms. The maximum Gasteiger partial charge on any atom is 0.266 e. The molecule has 1 amide bonds. The number of hydrogen-bond donors (Lipinski definition) is 1. The summed E-state index contributed by atoms with van der Waals surface area (Å²) in [6, 6.07) is 7.94. The number of fused-ring (bicyclic) bond motifs is 2. The Hall–Kier alpha value is -4.48. The first-order chi connectivity index (χ1) is 18.2. The number of likely N-dealkylation sites (N-methyl/N-ethyl adjacent to an activating group) is 1. The SMILES string of the molecule is C[C@@H](Nc1ncnc2c1cc(C(=O)N1CCN(C)c3ncccc31)c(=O)n2C)c1cccc(C(F)F)c1F. The van der Waals surface area contributed by atoms with Crippen molar-refractivity contribution in [2.75, 3.05) is 35.3 Å². The number of hydrogen-bond acceptors (Lipinski definition) is 7. The number of alkyl halides is 2.